The van der Waals surface area contributed by atoms with Crippen molar-refractivity contribution >= 4 is 0 Å². The quantitative estimate of drug-likeness (QED) is 0.466. The van der Waals surface area contributed by atoms with Crippen LogP contribution in [-0.4, -0.2) is 33.6 Å². The number of phenolic OH excluding ortho intramolecular Hbond substituents is 1. The molecule has 4 heteroatoms. The van der Waals surface area contributed by atoms with E-state index < -0.39 is 5.60 Å². The predicted molar refractivity (Wildman–Crippen MR) is 110 cm³/mol. The zero-order valence-corrected chi connectivity index (χ0v) is 16.3. The Morgan fingerprint density at radius 1 is 0.667 bits per heavy atom. The highest BCUT2D eigenvalue weighted by Crippen LogP contribution is 2.33. The zero-order chi connectivity index (χ0) is 20.0. The van der Waals surface area contributed by atoms with Crippen LogP contribution in [0.3, 0.4) is 0 Å². The molecule has 1 atom stereocenters. The number of aromatic hydroxyl groups is 1. The van der Waals surface area contributed by atoms with E-state index in [1.807, 2.05) is 37.3 Å². The van der Waals surface area contributed by atoms with Crippen LogP contribution in [0, 0.1) is 0 Å². The first-order valence-electron chi connectivity index (χ1n) is 9.87. The molecule has 4 N–H and O–H groups in total. The summed E-state index contributed by atoms with van der Waals surface area (Å²) >= 11 is 0. The second kappa shape index (κ2) is 13.3. The highest BCUT2D eigenvalue weighted by Gasteiger charge is 2.28. The molecule has 1 unspecified atom stereocenters. The second-order valence-electron chi connectivity index (χ2n) is 6.70. The summed E-state index contributed by atoms with van der Waals surface area (Å²) in [5.74, 6) is 0.209. The lowest BCUT2D eigenvalue weighted by Crippen LogP contribution is -2.26. The van der Waals surface area contributed by atoms with Gasteiger partial charge >= 0.3 is 0 Å². The lowest BCUT2D eigenvalue weighted by Gasteiger charge is -2.28. The van der Waals surface area contributed by atoms with Crippen LogP contribution in [0.25, 0.3) is 0 Å². The standard InChI is InChI=1S/C15H16O2.C8H18O2/c1-2-15(17,12-6-4-3-5-7-12)13-8-10-14(16)11-9-13;9-7-5-3-1-2-4-6-8-10/h3-11,16-17H,2H2,1H3;9-10H,1-8H2. The number of aliphatic hydroxyl groups is 3. The molecule has 0 bridgehead atoms. The van der Waals surface area contributed by atoms with Crippen LogP contribution in [0.5, 0.6) is 5.75 Å². The van der Waals surface area contributed by atoms with Crippen molar-refractivity contribution in [3.63, 3.8) is 0 Å². The van der Waals surface area contributed by atoms with E-state index in [1.54, 1.807) is 24.3 Å². The fraction of sp³-hybridized carbons (Fsp3) is 0.478. The number of hydrogen-bond donors (Lipinski definition) is 4. The van der Waals surface area contributed by atoms with Crippen molar-refractivity contribution in [1.82, 2.24) is 0 Å². The van der Waals surface area contributed by atoms with Crippen molar-refractivity contribution in [2.24, 2.45) is 0 Å². The summed E-state index contributed by atoms with van der Waals surface area (Å²) in [6, 6.07) is 16.3. The number of phenols is 1. The highest BCUT2D eigenvalue weighted by molar-refractivity contribution is 5.38. The number of hydrogen-bond acceptors (Lipinski definition) is 4. The second-order valence-corrected chi connectivity index (χ2v) is 6.70. The Hall–Kier alpha value is -1.88. The summed E-state index contributed by atoms with van der Waals surface area (Å²) in [4.78, 5) is 0. The molecule has 4 nitrogen and oxygen atoms in total. The third-order valence-corrected chi connectivity index (χ3v) is 4.67. The van der Waals surface area contributed by atoms with Crippen LogP contribution in [0.15, 0.2) is 54.6 Å². The molecule has 27 heavy (non-hydrogen) atoms. The van der Waals surface area contributed by atoms with Gasteiger partial charge in [-0.05, 0) is 42.5 Å². The molecule has 0 radical (unpaired) electrons. The molecule has 2 rings (SSSR count). The lowest BCUT2D eigenvalue weighted by molar-refractivity contribution is 0.0765. The molecule has 0 saturated heterocycles. The molecule has 0 spiro atoms. The first kappa shape index (κ1) is 23.2. The van der Waals surface area contributed by atoms with Gasteiger partial charge in [0.1, 0.15) is 11.4 Å². The molecule has 0 fully saturated rings. The summed E-state index contributed by atoms with van der Waals surface area (Å²) in [6.07, 6.45) is 7.09. The minimum Gasteiger partial charge on any atom is -0.508 e. The molecule has 2 aromatic rings. The SMILES string of the molecule is CCC(O)(c1ccccc1)c1ccc(O)cc1.OCCCCCCCCO. The number of unbranched alkanes of at least 4 members (excludes halogenated alkanes) is 5. The van der Waals surface area contributed by atoms with Crippen LogP contribution < -0.4 is 0 Å². The zero-order valence-electron chi connectivity index (χ0n) is 16.3. The molecule has 0 amide bonds. The fourth-order valence-corrected chi connectivity index (χ4v) is 2.96. The average molecular weight is 375 g/mol. The molecule has 0 heterocycles. The number of benzene rings is 2. The van der Waals surface area contributed by atoms with Crippen molar-refractivity contribution in [2.75, 3.05) is 13.2 Å². The van der Waals surface area contributed by atoms with E-state index in [9.17, 15) is 10.2 Å². The summed E-state index contributed by atoms with van der Waals surface area (Å²) in [7, 11) is 0. The van der Waals surface area contributed by atoms with Gasteiger partial charge in [0.2, 0.25) is 0 Å². The monoisotopic (exact) mass is 374 g/mol. The molecule has 0 aromatic heterocycles. The molecule has 0 aliphatic heterocycles. The van der Waals surface area contributed by atoms with Crippen LogP contribution in [0.4, 0.5) is 0 Å². The number of rotatable bonds is 10. The van der Waals surface area contributed by atoms with Crippen LogP contribution in [0.1, 0.15) is 63.0 Å². The van der Waals surface area contributed by atoms with E-state index >= 15 is 0 Å². The molecule has 0 saturated carbocycles. The minimum absolute atomic E-state index is 0.209. The van der Waals surface area contributed by atoms with E-state index in [0.717, 1.165) is 36.8 Å². The average Bonchev–Trinajstić information content (AvgIpc) is 2.72. The summed E-state index contributed by atoms with van der Waals surface area (Å²) in [6.45, 7) is 2.58. The first-order chi connectivity index (χ1) is 13.1. The minimum atomic E-state index is -0.991. The van der Waals surface area contributed by atoms with Gasteiger partial charge in [0, 0.05) is 13.2 Å². The Morgan fingerprint density at radius 3 is 1.56 bits per heavy atom. The summed E-state index contributed by atoms with van der Waals surface area (Å²) < 4.78 is 0. The van der Waals surface area contributed by atoms with Crippen molar-refractivity contribution in [1.29, 1.82) is 0 Å². The maximum atomic E-state index is 10.8. The summed E-state index contributed by atoms with van der Waals surface area (Å²) in [5.41, 5.74) is 0.673. The fourth-order valence-electron chi connectivity index (χ4n) is 2.96. The molecule has 0 aliphatic rings. The van der Waals surface area contributed by atoms with Gasteiger partial charge in [-0.25, -0.2) is 0 Å². The largest absolute Gasteiger partial charge is 0.508 e. The van der Waals surface area contributed by atoms with Gasteiger partial charge in [-0.1, -0.05) is 75.1 Å². The Labute approximate surface area is 163 Å². The first-order valence-corrected chi connectivity index (χ1v) is 9.87. The van der Waals surface area contributed by atoms with Gasteiger partial charge in [-0.2, -0.15) is 0 Å². The highest BCUT2D eigenvalue weighted by atomic mass is 16.3. The smallest absolute Gasteiger partial charge is 0.115 e. The van der Waals surface area contributed by atoms with E-state index in [1.165, 1.54) is 12.8 Å². The van der Waals surface area contributed by atoms with Crippen LogP contribution in [0.2, 0.25) is 0 Å². The van der Waals surface area contributed by atoms with Crippen molar-refractivity contribution < 1.29 is 20.4 Å². The van der Waals surface area contributed by atoms with Crippen molar-refractivity contribution in [3.8, 4) is 5.75 Å². The van der Waals surface area contributed by atoms with Crippen molar-refractivity contribution in [3.05, 3.63) is 65.7 Å². The van der Waals surface area contributed by atoms with Crippen LogP contribution >= 0.6 is 0 Å². The molecule has 0 aliphatic carbocycles. The van der Waals surface area contributed by atoms with E-state index in [-0.39, 0.29) is 5.75 Å². The molecule has 150 valence electrons. The third kappa shape index (κ3) is 8.12. The van der Waals surface area contributed by atoms with Crippen LogP contribution in [-0.2, 0) is 5.60 Å². The van der Waals surface area contributed by atoms with E-state index in [0.29, 0.717) is 19.6 Å². The van der Waals surface area contributed by atoms with Gasteiger partial charge in [0.15, 0.2) is 0 Å². The Balaban J connectivity index is 0.000000314. The predicted octanol–water partition coefficient (Wildman–Crippen LogP) is 4.35. The Bertz CT molecular complexity index is 590. The van der Waals surface area contributed by atoms with Gasteiger partial charge in [0.05, 0.1) is 0 Å². The Morgan fingerprint density at radius 2 is 1.11 bits per heavy atom. The third-order valence-electron chi connectivity index (χ3n) is 4.67. The Kier molecular flexibility index (Phi) is 11.4. The number of aliphatic hydroxyl groups excluding tert-OH is 2. The van der Waals surface area contributed by atoms with E-state index in [2.05, 4.69) is 0 Å². The van der Waals surface area contributed by atoms with Gasteiger partial charge in [0.25, 0.3) is 0 Å². The van der Waals surface area contributed by atoms with Gasteiger partial charge in [-0.3, -0.25) is 0 Å². The van der Waals surface area contributed by atoms with Gasteiger partial charge in [-0.15, -0.1) is 0 Å². The van der Waals surface area contributed by atoms with Crippen molar-refractivity contribution in [2.45, 2.75) is 57.5 Å². The molecular formula is C23H34O4. The van der Waals surface area contributed by atoms with Gasteiger partial charge < -0.3 is 20.4 Å². The normalized spacial score (nSPS) is 12.7. The lowest BCUT2D eigenvalue weighted by atomic mass is 9.84. The molecule has 2 aromatic carbocycles. The maximum absolute atomic E-state index is 10.8. The summed E-state index contributed by atoms with van der Waals surface area (Å²) in [5, 5.41) is 36.9. The topological polar surface area (TPSA) is 80.9 Å². The molecular weight excluding hydrogens is 340 g/mol. The van der Waals surface area contributed by atoms with E-state index in [4.69, 9.17) is 10.2 Å². The maximum Gasteiger partial charge on any atom is 0.115 e.